The molecule has 4 aromatic rings. The van der Waals surface area contributed by atoms with Gasteiger partial charge in [-0.15, -0.1) is 0 Å². The fourth-order valence-corrected chi connectivity index (χ4v) is 3.83. The smallest absolute Gasteiger partial charge is 0.260 e. The summed E-state index contributed by atoms with van der Waals surface area (Å²) in [4.78, 5) is 28.1. The van der Waals surface area contributed by atoms with E-state index in [0.717, 1.165) is 27.6 Å². The average molecular weight is 425 g/mol. The first-order valence-electron chi connectivity index (χ1n) is 10.0. The first-order valence-corrected chi connectivity index (χ1v) is 10.0. The SMILES string of the molecule is O=C1NC(=O)c2ccc(-c3ccc4[nH]ccc4c3)cc2C1=CNCc1ccc(O)c(O)c1. The zero-order chi connectivity index (χ0) is 22.2. The highest BCUT2D eigenvalue weighted by molar-refractivity contribution is 6.31. The minimum atomic E-state index is -0.484. The van der Waals surface area contributed by atoms with Gasteiger partial charge in [-0.2, -0.15) is 0 Å². The van der Waals surface area contributed by atoms with Gasteiger partial charge in [0.2, 0.25) is 0 Å². The summed E-state index contributed by atoms with van der Waals surface area (Å²) in [5.41, 5.74) is 4.93. The van der Waals surface area contributed by atoms with Crippen LogP contribution >= 0.6 is 0 Å². The molecule has 1 aromatic heterocycles. The molecule has 1 aliphatic heterocycles. The number of phenolic OH excluding ortho intramolecular Hbond substituents is 2. The van der Waals surface area contributed by atoms with Crippen LogP contribution in [0.1, 0.15) is 21.5 Å². The van der Waals surface area contributed by atoms with E-state index in [1.165, 1.54) is 12.1 Å². The number of aromatic nitrogens is 1. The fourth-order valence-electron chi connectivity index (χ4n) is 3.83. The van der Waals surface area contributed by atoms with Gasteiger partial charge in [0.1, 0.15) is 0 Å². The Morgan fingerprint density at radius 2 is 1.62 bits per heavy atom. The lowest BCUT2D eigenvalue weighted by Gasteiger charge is -2.19. The van der Waals surface area contributed by atoms with Crippen LogP contribution in [0.15, 0.2) is 73.1 Å². The molecule has 7 nitrogen and oxygen atoms in total. The van der Waals surface area contributed by atoms with Crippen molar-refractivity contribution in [2.24, 2.45) is 0 Å². The predicted octanol–water partition coefficient (Wildman–Crippen LogP) is 3.65. The van der Waals surface area contributed by atoms with Crippen LogP contribution in [0.4, 0.5) is 0 Å². The molecular weight excluding hydrogens is 406 g/mol. The highest BCUT2D eigenvalue weighted by Gasteiger charge is 2.27. The number of benzene rings is 3. The van der Waals surface area contributed by atoms with E-state index in [2.05, 4.69) is 21.7 Å². The number of carbonyl (C=O) groups is 2. The van der Waals surface area contributed by atoms with E-state index in [1.807, 2.05) is 36.5 Å². The summed E-state index contributed by atoms with van der Waals surface area (Å²) < 4.78 is 0. The number of hydrogen-bond acceptors (Lipinski definition) is 5. The summed E-state index contributed by atoms with van der Waals surface area (Å²) in [5.74, 6) is -1.33. The van der Waals surface area contributed by atoms with Crippen molar-refractivity contribution in [3.8, 4) is 22.6 Å². The van der Waals surface area contributed by atoms with Crippen LogP contribution in [0.25, 0.3) is 27.6 Å². The number of phenols is 2. The zero-order valence-corrected chi connectivity index (χ0v) is 16.8. The lowest BCUT2D eigenvalue weighted by Crippen LogP contribution is -2.37. The number of H-pyrrole nitrogens is 1. The molecule has 0 spiro atoms. The molecule has 2 heterocycles. The van der Waals surface area contributed by atoms with Crippen LogP contribution in [0, 0.1) is 0 Å². The third kappa shape index (κ3) is 3.45. The zero-order valence-electron chi connectivity index (χ0n) is 16.8. The van der Waals surface area contributed by atoms with Crippen LogP contribution in [-0.4, -0.2) is 27.0 Å². The van der Waals surface area contributed by atoms with Crippen molar-refractivity contribution in [3.63, 3.8) is 0 Å². The Labute approximate surface area is 183 Å². The highest BCUT2D eigenvalue weighted by Crippen LogP contribution is 2.31. The van der Waals surface area contributed by atoms with E-state index in [1.54, 1.807) is 18.3 Å². The highest BCUT2D eigenvalue weighted by atomic mass is 16.3. The summed E-state index contributed by atoms with van der Waals surface area (Å²) in [6, 6.07) is 18.0. The first kappa shape index (κ1) is 19.4. The van der Waals surface area contributed by atoms with Gasteiger partial charge in [0.05, 0.1) is 5.57 Å². The van der Waals surface area contributed by atoms with Crippen LogP contribution in [0.3, 0.4) is 0 Å². The Morgan fingerprint density at radius 1 is 0.812 bits per heavy atom. The van der Waals surface area contributed by atoms with Crippen molar-refractivity contribution in [2.75, 3.05) is 0 Å². The predicted molar refractivity (Wildman–Crippen MR) is 121 cm³/mol. The van der Waals surface area contributed by atoms with Crippen LogP contribution in [0.5, 0.6) is 11.5 Å². The monoisotopic (exact) mass is 425 g/mol. The molecule has 158 valence electrons. The molecule has 0 unspecified atom stereocenters. The van der Waals surface area contributed by atoms with Gasteiger partial charge >= 0.3 is 0 Å². The fraction of sp³-hybridized carbons (Fsp3) is 0.0400. The molecule has 0 atom stereocenters. The topological polar surface area (TPSA) is 114 Å². The number of amides is 2. The number of rotatable bonds is 4. The molecule has 0 saturated carbocycles. The van der Waals surface area contributed by atoms with Crippen molar-refractivity contribution in [2.45, 2.75) is 6.54 Å². The van der Waals surface area contributed by atoms with E-state index < -0.39 is 11.8 Å². The van der Waals surface area contributed by atoms with E-state index >= 15 is 0 Å². The van der Waals surface area contributed by atoms with E-state index in [-0.39, 0.29) is 11.5 Å². The number of carbonyl (C=O) groups excluding carboxylic acids is 2. The van der Waals surface area contributed by atoms with Gasteiger partial charge in [0.15, 0.2) is 11.5 Å². The number of hydrogen-bond donors (Lipinski definition) is 5. The van der Waals surface area contributed by atoms with Crippen molar-refractivity contribution in [1.82, 2.24) is 15.6 Å². The normalized spacial score (nSPS) is 14.4. The summed E-state index contributed by atoms with van der Waals surface area (Å²) in [6.45, 7) is 0.317. The molecule has 32 heavy (non-hydrogen) atoms. The second-order valence-electron chi connectivity index (χ2n) is 7.59. The molecule has 5 N–H and O–H groups in total. The van der Waals surface area contributed by atoms with E-state index in [4.69, 9.17) is 0 Å². The number of aromatic hydroxyl groups is 2. The molecule has 2 amide bonds. The first-order chi connectivity index (χ1) is 15.5. The number of aromatic amines is 1. The molecule has 0 radical (unpaired) electrons. The molecule has 5 rings (SSSR count). The Balaban J connectivity index is 1.49. The second kappa shape index (κ2) is 7.63. The Kier molecular flexibility index (Phi) is 4.63. The maximum Gasteiger partial charge on any atom is 0.260 e. The third-order valence-electron chi connectivity index (χ3n) is 5.51. The largest absolute Gasteiger partial charge is 0.504 e. The molecule has 1 aliphatic rings. The lowest BCUT2D eigenvalue weighted by molar-refractivity contribution is -0.114. The van der Waals surface area contributed by atoms with Gasteiger partial charge in [0, 0.05) is 35.6 Å². The average Bonchev–Trinajstić information content (AvgIpc) is 3.26. The Hall–Kier alpha value is -4.52. The van der Waals surface area contributed by atoms with Gasteiger partial charge in [-0.05, 0) is 64.5 Å². The minimum Gasteiger partial charge on any atom is -0.504 e. The second-order valence-corrected chi connectivity index (χ2v) is 7.59. The maximum absolute atomic E-state index is 12.6. The lowest BCUT2D eigenvalue weighted by atomic mass is 9.91. The van der Waals surface area contributed by atoms with Gasteiger partial charge in [-0.25, -0.2) is 0 Å². The van der Waals surface area contributed by atoms with E-state index in [9.17, 15) is 19.8 Å². The quantitative estimate of drug-likeness (QED) is 0.195. The molecule has 0 bridgehead atoms. The molecule has 0 aliphatic carbocycles. The molecular formula is C25H19N3O4. The van der Waals surface area contributed by atoms with Crippen molar-refractivity contribution < 1.29 is 19.8 Å². The third-order valence-corrected chi connectivity index (χ3v) is 5.51. The van der Waals surface area contributed by atoms with Gasteiger partial charge in [-0.1, -0.05) is 18.2 Å². The summed E-state index contributed by atoms with van der Waals surface area (Å²) in [5, 5.41) is 25.6. The van der Waals surface area contributed by atoms with Crippen LogP contribution < -0.4 is 10.6 Å². The number of nitrogens with one attached hydrogen (secondary N) is 3. The summed E-state index contributed by atoms with van der Waals surface area (Å²) in [6.07, 6.45) is 3.44. The van der Waals surface area contributed by atoms with Crippen molar-refractivity contribution in [1.29, 1.82) is 0 Å². The number of imide groups is 1. The number of fused-ring (bicyclic) bond motifs is 2. The Morgan fingerprint density at radius 3 is 2.47 bits per heavy atom. The standard InChI is InChI=1S/C25H19N3O4/c29-22-6-1-14(9-23(22)30)12-26-13-20-19-11-16(2-4-18(19)24(31)28-25(20)32)15-3-5-21-17(10-15)7-8-27-21/h1-11,13,26-27,29-30H,12H2,(H,28,31,32). The molecule has 0 fully saturated rings. The van der Waals surface area contributed by atoms with Gasteiger partial charge < -0.3 is 20.5 Å². The van der Waals surface area contributed by atoms with Crippen molar-refractivity contribution in [3.05, 3.63) is 89.8 Å². The Bertz CT molecular complexity index is 1420. The summed E-state index contributed by atoms with van der Waals surface area (Å²) >= 11 is 0. The van der Waals surface area contributed by atoms with Gasteiger partial charge in [-0.3, -0.25) is 14.9 Å². The van der Waals surface area contributed by atoms with Crippen molar-refractivity contribution >= 4 is 28.3 Å². The summed E-state index contributed by atoms with van der Waals surface area (Å²) in [7, 11) is 0. The van der Waals surface area contributed by atoms with Gasteiger partial charge in [0.25, 0.3) is 11.8 Å². The molecule has 0 saturated heterocycles. The van der Waals surface area contributed by atoms with Crippen LogP contribution in [0.2, 0.25) is 0 Å². The molecule has 3 aromatic carbocycles. The van der Waals surface area contributed by atoms with E-state index in [0.29, 0.717) is 23.2 Å². The minimum absolute atomic E-state index is 0.198. The maximum atomic E-state index is 12.6. The van der Waals surface area contributed by atoms with Crippen LogP contribution in [-0.2, 0) is 11.3 Å². The molecule has 7 heteroatoms.